The van der Waals surface area contributed by atoms with Crippen LogP contribution in [0.4, 0.5) is 17.2 Å². The van der Waals surface area contributed by atoms with E-state index in [1.165, 1.54) is 33.5 Å². The standard InChI is InChI=1S/C33H39N5/c1-6-36(7-2)27-18-14-25(15-19-27)31-23-32(26-16-20-28(21-17-26)37(8-3)9-4)38(35-31)33-22-24(5)29-12-10-11-13-30(29)34-33/h10-23,32,35H,6-9H2,1-5H3. The minimum atomic E-state index is 0.0197. The third-order valence-electron chi connectivity index (χ3n) is 7.67. The summed E-state index contributed by atoms with van der Waals surface area (Å²) in [5.74, 6) is 0.921. The molecule has 1 aliphatic rings. The zero-order chi connectivity index (χ0) is 26.6. The summed E-state index contributed by atoms with van der Waals surface area (Å²) in [5, 5.41) is 3.40. The van der Waals surface area contributed by atoms with Crippen molar-refractivity contribution in [1.82, 2.24) is 10.4 Å². The molecular formula is C33H39N5. The van der Waals surface area contributed by atoms with Crippen molar-refractivity contribution < 1.29 is 0 Å². The molecule has 5 nitrogen and oxygen atoms in total. The Labute approximate surface area is 227 Å². The SMILES string of the molecule is CCN(CC)c1ccc(C2=CC(c3ccc(N(CC)CC)cc3)N(c3cc(C)c4ccccc4n3)N2)cc1. The van der Waals surface area contributed by atoms with E-state index >= 15 is 0 Å². The van der Waals surface area contributed by atoms with E-state index in [1.54, 1.807) is 0 Å². The summed E-state index contributed by atoms with van der Waals surface area (Å²) in [6.45, 7) is 15.0. The molecule has 2 heterocycles. The van der Waals surface area contributed by atoms with Gasteiger partial charge in [0.05, 0.1) is 17.3 Å². The molecule has 1 N–H and O–H groups in total. The first-order valence-electron chi connectivity index (χ1n) is 13.9. The topological polar surface area (TPSA) is 34.6 Å². The average molecular weight is 506 g/mol. The smallest absolute Gasteiger partial charge is 0.148 e. The molecule has 5 heteroatoms. The van der Waals surface area contributed by atoms with Gasteiger partial charge in [-0.15, -0.1) is 0 Å². The number of anilines is 3. The second kappa shape index (κ2) is 11.2. The Morgan fingerprint density at radius 3 is 1.95 bits per heavy atom. The molecule has 0 fully saturated rings. The van der Waals surface area contributed by atoms with Crippen LogP contribution >= 0.6 is 0 Å². The zero-order valence-corrected chi connectivity index (χ0v) is 23.3. The Balaban J connectivity index is 1.53. The summed E-state index contributed by atoms with van der Waals surface area (Å²) in [4.78, 5) is 9.81. The lowest BCUT2D eigenvalue weighted by Gasteiger charge is -2.28. The van der Waals surface area contributed by atoms with Gasteiger partial charge in [-0.2, -0.15) is 0 Å². The average Bonchev–Trinajstić information content (AvgIpc) is 3.41. The number of fused-ring (bicyclic) bond motifs is 1. The predicted molar refractivity (Wildman–Crippen MR) is 163 cm³/mol. The van der Waals surface area contributed by atoms with Crippen molar-refractivity contribution in [3.63, 3.8) is 0 Å². The fourth-order valence-corrected chi connectivity index (χ4v) is 5.44. The lowest BCUT2D eigenvalue weighted by molar-refractivity contribution is 0.712. The monoisotopic (exact) mass is 505 g/mol. The Hall–Kier alpha value is -3.99. The number of rotatable bonds is 9. The predicted octanol–water partition coefficient (Wildman–Crippen LogP) is 7.34. The maximum Gasteiger partial charge on any atom is 0.148 e. The van der Waals surface area contributed by atoms with Crippen LogP contribution in [-0.4, -0.2) is 31.2 Å². The van der Waals surface area contributed by atoms with Gasteiger partial charge in [-0.05, 0) is 93.8 Å². The summed E-state index contributed by atoms with van der Waals surface area (Å²) in [6, 6.07) is 28.4. The summed E-state index contributed by atoms with van der Waals surface area (Å²) in [5.41, 5.74) is 12.0. The third-order valence-corrected chi connectivity index (χ3v) is 7.67. The van der Waals surface area contributed by atoms with Gasteiger partial charge in [-0.3, -0.25) is 10.4 Å². The fraction of sp³-hybridized carbons (Fsp3) is 0.303. The van der Waals surface area contributed by atoms with Crippen molar-refractivity contribution in [2.45, 2.75) is 40.7 Å². The highest BCUT2D eigenvalue weighted by Crippen LogP contribution is 2.36. The Morgan fingerprint density at radius 2 is 1.34 bits per heavy atom. The summed E-state index contributed by atoms with van der Waals surface area (Å²) < 4.78 is 0. The van der Waals surface area contributed by atoms with Gasteiger partial charge < -0.3 is 9.80 Å². The molecule has 0 saturated carbocycles. The normalized spacial score (nSPS) is 14.9. The van der Waals surface area contributed by atoms with Gasteiger partial charge in [-0.25, -0.2) is 4.98 Å². The van der Waals surface area contributed by atoms with Crippen molar-refractivity contribution in [2.75, 3.05) is 41.0 Å². The molecular weight excluding hydrogens is 466 g/mol. The number of aryl methyl sites for hydroxylation is 1. The first-order valence-corrected chi connectivity index (χ1v) is 13.9. The van der Waals surface area contributed by atoms with Crippen molar-refractivity contribution >= 4 is 33.8 Å². The minimum absolute atomic E-state index is 0.0197. The van der Waals surface area contributed by atoms with Crippen LogP contribution in [0.3, 0.4) is 0 Å². The molecule has 1 aromatic heterocycles. The van der Waals surface area contributed by atoms with Gasteiger partial charge in [0, 0.05) is 42.9 Å². The lowest BCUT2D eigenvalue weighted by Crippen LogP contribution is -2.34. The van der Waals surface area contributed by atoms with Gasteiger partial charge in [0.2, 0.25) is 0 Å². The van der Waals surface area contributed by atoms with Gasteiger partial charge >= 0.3 is 0 Å². The molecule has 1 unspecified atom stereocenters. The number of hydrogen-bond acceptors (Lipinski definition) is 5. The molecule has 5 rings (SSSR count). The summed E-state index contributed by atoms with van der Waals surface area (Å²) in [7, 11) is 0. The molecule has 0 saturated heterocycles. The Kier molecular flexibility index (Phi) is 7.54. The molecule has 0 aliphatic carbocycles. The van der Waals surface area contributed by atoms with Crippen LogP contribution in [0, 0.1) is 6.92 Å². The number of hydrazine groups is 1. The molecule has 1 aliphatic heterocycles. The number of pyridine rings is 1. The number of nitrogens with zero attached hydrogens (tertiary/aromatic N) is 4. The number of para-hydroxylation sites is 1. The molecule has 3 aromatic carbocycles. The highest BCUT2D eigenvalue weighted by molar-refractivity contribution is 5.84. The van der Waals surface area contributed by atoms with Crippen molar-refractivity contribution in [3.05, 3.63) is 102 Å². The highest BCUT2D eigenvalue weighted by atomic mass is 15.6. The van der Waals surface area contributed by atoms with Crippen LogP contribution in [0.15, 0.2) is 84.9 Å². The van der Waals surface area contributed by atoms with Crippen molar-refractivity contribution in [3.8, 4) is 0 Å². The molecule has 1 atom stereocenters. The summed E-state index contributed by atoms with van der Waals surface area (Å²) in [6.07, 6.45) is 2.32. The largest absolute Gasteiger partial charge is 0.372 e. The third kappa shape index (κ3) is 4.93. The van der Waals surface area contributed by atoms with Crippen molar-refractivity contribution in [1.29, 1.82) is 0 Å². The van der Waals surface area contributed by atoms with Gasteiger partial charge in [-0.1, -0.05) is 42.5 Å². The van der Waals surface area contributed by atoms with Crippen molar-refractivity contribution in [2.24, 2.45) is 0 Å². The number of nitrogens with one attached hydrogen (secondary N) is 1. The van der Waals surface area contributed by atoms with Gasteiger partial charge in [0.15, 0.2) is 0 Å². The maximum atomic E-state index is 5.07. The molecule has 0 amide bonds. The second-order valence-electron chi connectivity index (χ2n) is 9.80. The van der Waals surface area contributed by atoms with Gasteiger partial charge in [0.1, 0.15) is 5.82 Å². The second-order valence-corrected chi connectivity index (χ2v) is 9.80. The van der Waals surface area contributed by atoms with Crippen LogP contribution in [-0.2, 0) is 0 Å². The van der Waals surface area contributed by atoms with E-state index in [0.29, 0.717) is 0 Å². The molecule has 4 aromatic rings. The van der Waals surface area contributed by atoms with Crippen LogP contribution in [0.2, 0.25) is 0 Å². The van der Waals surface area contributed by atoms with Gasteiger partial charge in [0.25, 0.3) is 0 Å². The zero-order valence-electron chi connectivity index (χ0n) is 23.3. The van der Waals surface area contributed by atoms with E-state index < -0.39 is 0 Å². The Bertz CT molecular complexity index is 1400. The first-order chi connectivity index (χ1) is 18.6. The lowest BCUT2D eigenvalue weighted by atomic mass is 10.0. The van der Waals surface area contributed by atoms with E-state index in [9.17, 15) is 0 Å². The molecule has 0 spiro atoms. The van der Waals surface area contributed by atoms with E-state index in [1.807, 2.05) is 0 Å². The fourth-order valence-electron chi connectivity index (χ4n) is 5.44. The van der Waals surface area contributed by atoms with Crippen LogP contribution in [0.5, 0.6) is 0 Å². The van der Waals surface area contributed by atoms with Crippen LogP contribution in [0.25, 0.3) is 16.6 Å². The minimum Gasteiger partial charge on any atom is -0.372 e. The van der Waals surface area contributed by atoms with E-state index in [0.717, 1.165) is 43.2 Å². The van der Waals surface area contributed by atoms with Crippen LogP contribution < -0.4 is 20.2 Å². The Morgan fingerprint density at radius 1 is 0.763 bits per heavy atom. The van der Waals surface area contributed by atoms with E-state index in [2.05, 4.69) is 140 Å². The number of hydrogen-bond donors (Lipinski definition) is 1. The molecule has 0 bridgehead atoms. The molecule has 196 valence electrons. The maximum absolute atomic E-state index is 5.07. The first kappa shape index (κ1) is 25.7. The van der Waals surface area contributed by atoms with E-state index in [-0.39, 0.29) is 6.04 Å². The van der Waals surface area contributed by atoms with Crippen LogP contribution in [0.1, 0.15) is 50.4 Å². The molecule has 0 radical (unpaired) electrons. The molecule has 38 heavy (non-hydrogen) atoms. The quantitative estimate of drug-likeness (QED) is 0.257. The van der Waals surface area contributed by atoms with E-state index in [4.69, 9.17) is 4.98 Å². The number of aromatic nitrogens is 1. The number of benzene rings is 3. The highest BCUT2D eigenvalue weighted by Gasteiger charge is 2.29. The summed E-state index contributed by atoms with van der Waals surface area (Å²) >= 11 is 0.